The van der Waals surface area contributed by atoms with E-state index in [2.05, 4.69) is 0 Å². The van der Waals surface area contributed by atoms with E-state index < -0.39 is 0 Å². The van der Waals surface area contributed by atoms with Gasteiger partial charge in [0.1, 0.15) is 11.9 Å². The lowest BCUT2D eigenvalue weighted by Gasteiger charge is -2.43. The molecule has 2 heterocycles. The molecule has 0 aliphatic carbocycles. The summed E-state index contributed by atoms with van der Waals surface area (Å²) >= 11 is 2.01. The summed E-state index contributed by atoms with van der Waals surface area (Å²) in [5, 5.41) is 0. The average molecular weight is 306 g/mol. The largest absolute Gasteiger partial charge is 0.489 e. The van der Waals surface area contributed by atoms with E-state index in [1.807, 2.05) is 36.9 Å². The monoisotopic (exact) mass is 306 g/mol. The summed E-state index contributed by atoms with van der Waals surface area (Å²) in [6.45, 7) is 2.75. The van der Waals surface area contributed by atoms with Crippen LogP contribution in [0.15, 0.2) is 18.2 Å². The number of carbonyl (C=O) groups excluding carboxylic acids is 1. The van der Waals surface area contributed by atoms with Gasteiger partial charge in [0, 0.05) is 12.8 Å². The number of ether oxygens (including phenoxy) is 2. The van der Waals surface area contributed by atoms with Crippen LogP contribution in [-0.4, -0.2) is 36.1 Å². The first-order valence-corrected chi connectivity index (χ1v) is 8.80. The van der Waals surface area contributed by atoms with Gasteiger partial charge < -0.3 is 9.47 Å². The summed E-state index contributed by atoms with van der Waals surface area (Å²) < 4.78 is 12.2. The van der Waals surface area contributed by atoms with Crippen LogP contribution in [0.5, 0.6) is 5.75 Å². The van der Waals surface area contributed by atoms with Crippen LogP contribution in [-0.2, 0) is 4.74 Å². The molecule has 1 atom stereocenters. The molecule has 0 aromatic heterocycles. The van der Waals surface area contributed by atoms with Gasteiger partial charge in [-0.1, -0.05) is 11.6 Å². The second kappa shape index (κ2) is 6.41. The van der Waals surface area contributed by atoms with E-state index in [4.69, 9.17) is 9.47 Å². The Morgan fingerprint density at radius 3 is 2.95 bits per heavy atom. The van der Waals surface area contributed by atoms with Gasteiger partial charge in [0.25, 0.3) is 0 Å². The molecule has 114 valence electrons. The Hall–Kier alpha value is -1.00. The van der Waals surface area contributed by atoms with Crippen LogP contribution >= 0.6 is 11.8 Å². The van der Waals surface area contributed by atoms with Gasteiger partial charge in [-0.2, -0.15) is 11.8 Å². The van der Waals surface area contributed by atoms with Crippen LogP contribution in [0.1, 0.15) is 41.6 Å². The number of benzene rings is 1. The van der Waals surface area contributed by atoms with Crippen molar-refractivity contribution in [1.29, 1.82) is 0 Å². The van der Waals surface area contributed by atoms with E-state index in [9.17, 15) is 4.79 Å². The summed E-state index contributed by atoms with van der Waals surface area (Å²) in [5.41, 5.74) is 1.74. The minimum absolute atomic E-state index is 0.0141. The maximum absolute atomic E-state index is 11.2. The molecule has 1 spiro atoms. The van der Waals surface area contributed by atoms with Crippen LogP contribution < -0.4 is 4.74 Å². The summed E-state index contributed by atoms with van der Waals surface area (Å²) in [6.07, 6.45) is 5.12. The lowest BCUT2D eigenvalue weighted by molar-refractivity contribution is -0.116. The molecule has 2 saturated heterocycles. The van der Waals surface area contributed by atoms with Gasteiger partial charge in [0.2, 0.25) is 0 Å². The van der Waals surface area contributed by atoms with Gasteiger partial charge in [-0.3, -0.25) is 4.79 Å². The third-order valence-electron chi connectivity index (χ3n) is 4.44. The van der Waals surface area contributed by atoms with Crippen molar-refractivity contribution in [2.24, 2.45) is 0 Å². The highest BCUT2D eigenvalue weighted by molar-refractivity contribution is 7.99. The van der Waals surface area contributed by atoms with Crippen LogP contribution in [0.2, 0.25) is 0 Å². The van der Waals surface area contributed by atoms with E-state index >= 15 is 0 Å². The smallest absolute Gasteiger partial charge is 0.153 e. The van der Waals surface area contributed by atoms with Crippen LogP contribution in [0, 0.1) is 6.92 Å². The summed E-state index contributed by atoms with van der Waals surface area (Å²) in [6, 6.07) is 5.79. The van der Waals surface area contributed by atoms with Crippen LogP contribution in [0.25, 0.3) is 0 Å². The Morgan fingerprint density at radius 1 is 1.38 bits per heavy atom. The molecule has 0 radical (unpaired) electrons. The molecule has 1 aromatic carbocycles. The fourth-order valence-electron chi connectivity index (χ4n) is 3.22. The summed E-state index contributed by atoms with van der Waals surface area (Å²) in [4.78, 5) is 11.2. The average Bonchev–Trinajstić information content (AvgIpc) is 2.50. The predicted molar refractivity (Wildman–Crippen MR) is 85.5 cm³/mol. The fraction of sp³-hybridized carbons (Fsp3) is 0.588. The Kier molecular flexibility index (Phi) is 4.55. The van der Waals surface area contributed by atoms with E-state index in [1.165, 1.54) is 11.5 Å². The first-order chi connectivity index (χ1) is 10.2. The Morgan fingerprint density at radius 2 is 2.19 bits per heavy atom. The Balaban J connectivity index is 1.71. The van der Waals surface area contributed by atoms with Crippen molar-refractivity contribution in [2.75, 3.05) is 18.1 Å². The van der Waals surface area contributed by atoms with Gasteiger partial charge in [-0.05, 0) is 43.4 Å². The number of carbonyl (C=O) groups is 1. The zero-order chi connectivity index (χ0) is 14.7. The third-order valence-corrected chi connectivity index (χ3v) is 5.42. The fourth-order valence-corrected chi connectivity index (χ4v) is 4.46. The van der Waals surface area contributed by atoms with Gasteiger partial charge in [-0.15, -0.1) is 0 Å². The van der Waals surface area contributed by atoms with Gasteiger partial charge in [0.15, 0.2) is 6.29 Å². The van der Waals surface area contributed by atoms with Crippen molar-refractivity contribution in [3.63, 3.8) is 0 Å². The van der Waals surface area contributed by atoms with E-state index in [1.54, 1.807) is 0 Å². The molecule has 21 heavy (non-hydrogen) atoms. The molecule has 2 aliphatic rings. The highest BCUT2D eigenvalue weighted by Gasteiger charge is 2.39. The second-order valence-corrected chi connectivity index (χ2v) is 7.26. The molecule has 3 rings (SSSR count). The Bertz CT molecular complexity index is 503. The maximum Gasteiger partial charge on any atom is 0.153 e. The number of hydrogen-bond acceptors (Lipinski definition) is 4. The quantitative estimate of drug-likeness (QED) is 0.799. The molecule has 3 nitrogen and oxygen atoms in total. The number of rotatable bonds is 3. The molecule has 0 N–H and O–H groups in total. The molecule has 2 aliphatic heterocycles. The number of hydrogen-bond donors (Lipinski definition) is 0. The lowest BCUT2D eigenvalue weighted by atomic mass is 9.86. The van der Waals surface area contributed by atoms with Gasteiger partial charge in [0.05, 0.1) is 17.8 Å². The van der Waals surface area contributed by atoms with Crippen molar-refractivity contribution in [3.05, 3.63) is 29.3 Å². The summed E-state index contributed by atoms with van der Waals surface area (Å²) in [5.74, 6) is 3.07. The van der Waals surface area contributed by atoms with Gasteiger partial charge >= 0.3 is 0 Å². The topological polar surface area (TPSA) is 35.5 Å². The molecule has 2 fully saturated rings. The maximum atomic E-state index is 11.2. The lowest BCUT2D eigenvalue weighted by Crippen LogP contribution is -2.46. The highest BCUT2D eigenvalue weighted by Crippen LogP contribution is 2.38. The normalized spacial score (nSPS) is 24.7. The molecule has 0 amide bonds. The molecule has 1 aromatic rings. The van der Waals surface area contributed by atoms with Crippen molar-refractivity contribution in [1.82, 2.24) is 0 Å². The number of aldehydes is 1. The van der Waals surface area contributed by atoms with Crippen molar-refractivity contribution in [3.8, 4) is 5.75 Å². The second-order valence-electron chi connectivity index (χ2n) is 6.04. The van der Waals surface area contributed by atoms with Crippen LogP contribution in [0.3, 0.4) is 0 Å². The van der Waals surface area contributed by atoms with E-state index in [0.29, 0.717) is 11.3 Å². The predicted octanol–water partition coefficient (Wildman–Crippen LogP) is 3.63. The molecule has 0 bridgehead atoms. The van der Waals surface area contributed by atoms with E-state index in [0.717, 1.165) is 44.1 Å². The standard InChI is InChI=1S/C17H22O3S/c1-13-2-3-16(14(10-13)12-18)20-15-4-7-19-17(11-15)5-8-21-9-6-17/h2-3,10,12,15H,4-9,11H2,1H3. The molecular weight excluding hydrogens is 284 g/mol. The zero-order valence-corrected chi connectivity index (χ0v) is 13.3. The minimum atomic E-state index is 0.0141. The molecule has 1 unspecified atom stereocenters. The Labute approximate surface area is 130 Å². The molecular formula is C17H22O3S. The minimum Gasteiger partial charge on any atom is -0.489 e. The van der Waals surface area contributed by atoms with Crippen molar-refractivity contribution in [2.45, 2.75) is 44.3 Å². The number of thioether (sulfide) groups is 1. The van der Waals surface area contributed by atoms with Crippen molar-refractivity contribution < 1.29 is 14.3 Å². The van der Waals surface area contributed by atoms with Gasteiger partial charge in [-0.25, -0.2) is 0 Å². The van der Waals surface area contributed by atoms with E-state index in [-0.39, 0.29) is 11.7 Å². The molecule has 0 saturated carbocycles. The molecule has 4 heteroatoms. The first-order valence-electron chi connectivity index (χ1n) is 7.65. The van der Waals surface area contributed by atoms with Crippen LogP contribution in [0.4, 0.5) is 0 Å². The zero-order valence-electron chi connectivity index (χ0n) is 12.5. The third kappa shape index (κ3) is 3.43. The first kappa shape index (κ1) is 14.9. The SMILES string of the molecule is Cc1ccc(OC2CCOC3(CCSCC3)C2)c(C=O)c1. The summed E-state index contributed by atoms with van der Waals surface area (Å²) in [7, 11) is 0. The number of aryl methyl sites for hydroxylation is 1. The highest BCUT2D eigenvalue weighted by atomic mass is 32.2. The van der Waals surface area contributed by atoms with Crippen molar-refractivity contribution >= 4 is 18.0 Å².